The second-order valence-corrected chi connectivity index (χ2v) is 7.71. The van der Waals surface area contributed by atoms with Crippen molar-refractivity contribution >= 4 is 11.8 Å². The van der Waals surface area contributed by atoms with Crippen molar-refractivity contribution in [1.29, 1.82) is 0 Å². The first-order valence-electron chi connectivity index (χ1n) is 9.43. The summed E-state index contributed by atoms with van der Waals surface area (Å²) in [6, 6.07) is 4.01. The van der Waals surface area contributed by atoms with Gasteiger partial charge < -0.3 is 9.80 Å². The van der Waals surface area contributed by atoms with Gasteiger partial charge in [0.15, 0.2) is 11.6 Å². The summed E-state index contributed by atoms with van der Waals surface area (Å²) in [7, 11) is 0. The van der Waals surface area contributed by atoms with Crippen molar-refractivity contribution in [3.8, 4) is 0 Å². The normalized spacial score (nSPS) is 22.3. The van der Waals surface area contributed by atoms with Crippen molar-refractivity contribution in [2.45, 2.75) is 32.7 Å². The van der Waals surface area contributed by atoms with Crippen LogP contribution in [0, 0.1) is 24.0 Å². The van der Waals surface area contributed by atoms with Gasteiger partial charge in [-0.25, -0.2) is 8.78 Å². The summed E-state index contributed by atoms with van der Waals surface area (Å²) in [5.41, 5.74) is 0.739. The van der Waals surface area contributed by atoms with E-state index in [2.05, 4.69) is 10.2 Å². The average molecular weight is 388 g/mol. The van der Waals surface area contributed by atoms with Gasteiger partial charge in [0.25, 0.3) is 5.91 Å². The van der Waals surface area contributed by atoms with Crippen LogP contribution >= 0.6 is 0 Å². The molecule has 0 aliphatic carbocycles. The van der Waals surface area contributed by atoms with Crippen molar-refractivity contribution in [3.63, 3.8) is 0 Å². The number of aromatic amines is 1. The Bertz CT molecular complexity index is 929. The minimum atomic E-state index is -0.912. The Kier molecular flexibility index (Phi) is 4.64. The molecule has 0 saturated carbocycles. The third-order valence-corrected chi connectivity index (χ3v) is 5.92. The lowest BCUT2D eigenvalue weighted by Gasteiger charge is -2.39. The van der Waals surface area contributed by atoms with E-state index in [1.807, 2.05) is 0 Å². The molecule has 1 unspecified atom stereocenters. The molecule has 1 atom stereocenters. The van der Waals surface area contributed by atoms with E-state index in [4.69, 9.17) is 0 Å². The van der Waals surface area contributed by atoms with E-state index >= 15 is 0 Å². The summed E-state index contributed by atoms with van der Waals surface area (Å²) in [6.07, 6.45) is 3.55. The molecule has 8 heteroatoms. The number of piperidine rings is 1. The molecule has 2 aliphatic rings. The standard InChI is InChI=1S/C20H22F2N4O2/c1-13-15(10-23-24-13)18(27)26-9-7-20(12-26)6-3-8-25(19(20)28)11-14-4-2-5-16(21)17(14)22/h2,4-5,10H,3,6-9,11-12H2,1H3,(H,23,24). The molecule has 1 aromatic heterocycles. The molecular formula is C20H22F2N4O2. The average Bonchev–Trinajstić information content (AvgIpc) is 3.30. The fourth-order valence-electron chi connectivity index (χ4n) is 4.34. The van der Waals surface area contributed by atoms with Crippen LogP contribution in [0.4, 0.5) is 8.78 Å². The Morgan fingerprint density at radius 3 is 2.86 bits per heavy atom. The van der Waals surface area contributed by atoms with Crippen molar-refractivity contribution in [2.24, 2.45) is 5.41 Å². The minimum absolute atomic E-state index is 0.0406. The highest BCUT2D eigenvalue weighted by Crippen LogP contribution is 2.41. The largest absolute Gasteiger partial charge is 0.338 e. The number of hydrogen-bond acceptors (Lipinski definition) is 3. The number of aromatic nitrogens is 2. The molecule has 2 aliphatic heterocycles. The van der Waals surface area contributed by atoms with Gasteiger partial charge in [-0.15, -0.1) is 0 Å². The van der Waals surface area contributed by atoms with E-state index in [0.29, 0.717) is 43.7 Å². The lowest BCUT2D eigenvalue weighted by Crippen LogP contribution is -2.50. The topological polar surface area (TPSA) is 69.3 Å². The molecule has 2 amide bonds. The maximum Gasteiger partial charge on any atom is 0.257 e. The van der Waals surface area contributed by atoms with E-state index in [-0.39, 0.29) is 23.9 Å². The van der Waals surface area contributed by atoms with Crippen LogP contribution in [-0.4, -0.2) is 51.4 Å². The van der Waals surface area contributed by atoms with Gasteiger partial charge in [-0.05, 0) is 32.3 Å². The number of benzene rings is 1. The van der Waals surface area contributed by atoms with Gasteiger partial charge in [-0.2, -0.15) is 5.10 Å². The number of rotatable bonds is 3. The Morgan fingerprint density at radius 2 is 2.11 bits per heavy atom. The number of likely N-dealkylation sites (tertiary alicyclic amines) is 2. The van der Waals surface area contributed by atoms with Gasteiger partial charge in [-0.3, -0.25) is 14.7 Å². The second-order valence-electron chi connectivity index (χ2n) is 7.71. The van der Waals surface area contributed by atoms with Crippen LogP contribution in [0.15, 0.2) is 24.4 Å². The highest BCUT2D eigenvalue weighted by molar-refractivity contribution is 5.96. The Hall–Kier alpha value is -2.77. The molecule has 2 aromatic rings. The number of amides is 2. The zero-order valence-corrected chi connectivity index (χ0v) is 15.7. The molecule has 1 spiro atoms. The van der Waals surface area contributed by atoms with Crippen molar-refractivity contribution in [3.05, 3.63) is 52.9 Å². The molecule has 1 N–H and O–H groups in total. The smallest absolute Gasteiger partial charge is 0.257 e. The van der Waals surface area contributed by atoms with Gasteiger partial charge in [-0.1, -0.05) is 12.1 Å². The number of halogens is 2. The molecule has 0 radical (unpaired) electrons. The first kappa shape index (κ1) is 18.6. The van der Waals surface area contributed by atoms with E-state index in [0.717, 1.165) is 12.5 Å². The highest BCUT2D eigenvalue weighted by Gasteiger charge is 2.49. The second kappa shape index (κ2) is 7.00. The lowest BCUT2D eigenvalue weighted by molar-refractivity contribution is -0.146. The van der Waals surface area contributed by atoms with Crippen LogP contribution in [0.1, 0.15) is 40.9 Å². The first-order chi connectivity index (χ1) is 13.4. The van der Waals surface area contributed by atoms with Gasteiger partial charge >= 0.3 is 0 Å². The summed E-state index contributed by atoms with van der Waals surface area (Å²) in [6.45, 7) is 3.17. The predicted octanol–water partition coefficient (Wildman–Crippen LogP) is 2.65. The summed E-state index contributed by atoms with van der Waals surface area (Å²) in [4.78, 5) is 29.3. The van der Waals surface area contributed by atoms with E-state index < -0.39 is 17.0 Å². The van der Waals surface area contributed by atoms with Gasteiger partial charge in [0.05, 0.1) is 17.2 Å². The van der Waals surface area contributed by atoms with Crippen molar-refractivity contribution < 1.29 is 18.4 Å². The molecule has 2 fully saturated rings. The number of nitrogens with one attached hydrogen (secondary N) is 1. The first-order valence-corrected chi connectivity index (χ1v) is 9.43. The van der Waals surface area contributed by atoms with Crippen LogP contribution in [0.25, 0.3) is 0 Å². The molecule has 28 heavy (non-hydrogen) atoms. The molecule has 6 nitrogen and oxygen atoms in total. The van der Waals surface area contributed by atoms with E-state index in [1.165, 1.54) is 18.3 Å². The molecule has 1 aromatic carbocycles. The summed E-state index contributed by atoms with van der Waals surface area (Å²) >= 11 is 0. The quantitative estimate of drug-likeness (QED) is 0.879. The van der Waals surface area contributed by atoms with Crippen LogP contribution < -0.4 is 0 Å². The highest BCUT2D eigenvalue weighted by atomic mass is 19.2. The number of carbonyl (C=O) groups is 2. The van der Waals surface area contributed by atoms with Gasteiger partial charge in [0, 0.05) is 37.4 Å². The monoisotopic (exact) mass is 388 g/mol. The predicted molar refractivity (Wildman–Crippen MR) is 97.3 cm³/mol. The third kappa shape index (κ3) is 3.06. The fraction of sp³-hybridized carbons (Fsp3) is 0.450. The molecular weight excluding hydrogens is 366 g/mol. The maximum absolute atomic E-state index is 14.0. The van der Waals surface area contributed by atoms with Crippen LogP contribution in [0.5, 0.6) is 0 Å². The fourth-order valence-corrected chi connectivity index (χ4v) is 4.34. The Morgan fingerprint density at radius 1 is 1.29 bits per heavy atom. The van der Waals surface area contributed by atoms with Crippen LogP contribution in [0.3, 0.4) is 0 Å². The minimum Gasteiger partial charge on any atom is -0.338 e. The lowest BCUT2D eigenvalue weighted by atomic mass is 9.78. The van der Waals surface area contributed by atoms with Crippen molar-refractivity contribution in [1.82, 2.24) is 20.0 Å². The van der Waals surface area contributed by atoms with Gasteiger partial charge in [0.2, 0.25) is 5.91 Å². The Balaban J connectivity index is 1.51. The molecule has 4 rings (SSSR count). The van der Waals surface area contributed by atoms with Crippen LogP contribution in [0.2, 0.25) is 0 Å². The summed E-state index contributed by atoms with van der Waals surface area (Å²) < 4.78 is 27.5. The molecule has 0 bridgehead atoms. The summed E-state index contributed by atoms with van der Waals surface area (Å²) in [5.74, 6) is -2.04. The number of nitrogens with zero attached hydrogens (tertiary/aromatic N) is 3. The zero-order valence-electron chi connectivity index (χ0n) is 15.7. The number of aryl methyl sites for hydroxylation is 1. The number of H-pyrrole nitrogens is 1. The Labute approximate surface area is 161 Å². The molecule has 148 valence electrons. The third-order valence-electron chi connectivity index (χ3n) is 5.92. The number of hydrogen-bond donors (Lipinski definition) is 1. The molecule has 2 saturated heterocycles. The summed E-state index contributed by atoms with van der Waals surface area (Å²) in [5, 5.41) is 6.65. The van der Waals surface area contributed by atoms with E-state index in [9.17, 15) is 18.4 Å². The maximum atomic E-state index is 14.0. The van der Waals surface area contributed by atoms with Crippen molar-refractivity contribution in [2.75, 3.05) is 19.6 Å². The van der Waals surface area contributed by atoms with E-state index in [1.54, 1.807) is 16.7 Å². The van der Waals surface area contributed by atoms with Gasteiger partial charge in [0.1, 0.15) is 0 Å². The zero-order chi connectivity index (χ0) is 19.9. The van der Waals surface area contributed by atoms with Crippen LogP contribution in [-0.2, 0) is 11.3 Å². The SMILES string of the molecule is Cc1[nH]ncc1C(=O)N1CCC2(CCCN(Cc3cccc(F)c3F)C2=O)C1. The number of carbonyl (C=O) groups excluding carboxylic acids is 2. The molecule has 3 heterocycles.